The lowest BCUT2D eigenvalue weighted by atomic mass is 9.94. The van der Waals surface area contributed by atoms with E-state index >= 15 is 0 Å². The Labute approximate surface area is 152 Å². The molecule has 0 aliphatic carbocycles. The van der Waals surface area contributed by atoms with Crippen LogP contribution in [0.4, 0.5) is 0 Å². The Morgan fingerprint density at radius 3 is 2.73 bits per heavy atom. The number of benzene rings is 2. The van der Waals surface area contributed by atoms with Crippen LogP contribution in [-0.2, 0) is 6.42 Å². The Bertz CT molecular complexity index is 916. The topological polar surface area (TPSA) is 72.1 Å². The minimum Gasteiger partial charge on any atom is -0.387 e. The van der Waals surface area contributed by atoms with Crippen LogP contribution in [-0.4, -0.2) is 39.1 Å². The molecule has 2 atom stereocenters. The number of piperidine rings is 1. The molecule has 1 aliphatic rings. The fourth-order valence-electron chi connectivity index (χ4n) is 4.00. The van der Waals surface area contributed by atoms with Gasteiger partial charge in [-0.25, -0.2) is 4.79 Å². The monoisotopic (exact) mass is 351 g/mol. The molecule has 1 aliphatic heterocycles. The van der Waals surface area contributed by atoms with Crippen molar-refractivity contribution in [3.05, 3.63) is 70.1 Å². The number of nitrogens with one attached hydrogen (secondary N) is 2. The number of aromatic amines is 2. The average molecular weight is 351 g/mol. The molecule has 4 rings (SSSR count). The van der Waals surface area contributed by atoms with Crippen molar-refractivity contribution >= 4 is 11.0 Å². The van der Waals surface area contributed by atoms with Gasteiger partial charge in [0.25, 0.3) is 0 Å². The maximum atomic E-state index is 11.4. The number of fused-ring (bicyclic) bond motifs is 1. The van der Waals surface area contributed by atoms with E-state index in [0.29, 0.717) is 12.6 Å². The Balaban J connectivity index is 1.48. The lowest BCUT2D eigenvalue weighted by molar-refractivity contribution is 0.0671. The van der Waals surface area contributed by atoms with Crippen molar-refractivity contribution in [2.75, 3.05) is 13.1 Å². The van der Waals surface area contributed by atoms with Gasteiger partial charge >= 0.3 is 5.69 Å². The van der Waals surface area contributed by atoms with E-state index in [4.69, 9.17) is 0 Å². The van der Waals surface area contributed by atoms with E-state index in [1.165, 1.54) is 24.8 Å². The maximum absolute atomic E-state index is 11.4. The number of nitrogens with zero attached hydrogens (tertiary/aromatic N) is 1. The first-order valence-corrected chi connectivity index (χ1v) is 9.37. The van der Waals surface area contributed by atoms with E-state index in [2.05, 4.69) is 39.1 Å². The van der Waals surface area contributed by atoms with Crippen LogP contribution in [0.5, 0.6) is 0 Å². The van der Waals surface area contributed by atoms with Crippen LogP contribution in [0.25, 0.3) is 11.0 Å². The first kappa shape index (κ1) is 17.1. The summed E-state index contributed by atoms with van der Waals surface area (Å²) in [5.74, 6) is 0. The SMILES string of the molecule is O=c1[nH]c2ccc(C(O)CN3CCCCC3Cc3ccccc3)cc2[nH]1. The highest BCUT2D eigenvalue weighted by molar-refractivity contribution is 5.75. The molecule has 26 heavy (non-hydrogen) atoms. The van der Waals surface area contributed by atoms with Crippen LogP contribution in [0.1, 0.15) is 36.5 Å². The lowest BCUT2D eigenvalue weighted by Crippen LogP contribution is -2.43. The van der Waals surface area contributed by atoms with E-state index in [1.807, 2.05) is 24.3 Å². The van der Waals surface area contributed by atoms with Gasteiger partial charge in [-0.1, -0.05) is 42.8 Å². The number of aliphatic hydroxyl groups excluding tert-OH is 1. The van der Waals surface area contributed by atoms with E-state index in [1.54, 1.807) is 0 Å². The summed E-state index contributed by atoms with van der Waals surface area (Å²) in [4.78, 5) is 19.3. The fourth-order valence-corrected chi connectivity index (χ4v) is 4.00. The highest BCUT2D eigenvalue weighted by atomic mass is 16.3. The average Bonchev–Trinajstić information content (AvgIpc) is 3.03. The molecule has 0 spiro atoms. The van der Waals surface area contributed by atoms with Gasteiger partial charge in [-0.3, -0.25) is 4.90 Å². The summed E-state index contributed by atoms with van der Waals surface area (Å²) >= 11 is 0. The summed E-state index contributed by atoms with van der Waals surface area (Å²) < 4.78 is 0. The zero-order chi connectivity index (χ0) is 17.9. The van der Waals surface area contributed by atoms with Crippen molar-refractivity contribution in [3.63, 3.8) is 0 Å². The summed E-state index contributed by atoms with van der Waals surface area (Å²) in [5, 5.41) is 10.8. The quantitative estimate of drug-likeness (QED) is 0.662. The number of imidazole rings is 1. The largest absolute Gasteiger partial charge is 0.387 e. The first-order valence-electron chi connectivity index (χ1n) is 9.37. The summed E-state index contributed by atoms with van der Waals surface area (Å²) in [6.07, 6.45) is 4.07. The third-order valence-electron chi connectivity index (χ3n) is 5.40. The molecule has 0 amide bonds. The fraction of sp³-hybridized carbons (Fsp3) is 0.381. The molecule has 5 nitrogen and oxygen atoms in total. The Morgan fingerprint density at radius 2 is 1.88 bits per heavy atom. The van der Waals surface area contributed by atoms with Gasteiger partial charge in [-0.05, 0) is 49.1 Å². The second kappa shape index (κ2) is 7.48. The van der Waals surface area contributed by atoms with Crippen LogP contribution in [0.3, 0.4) is 0 Å². The molecular weight excluding hydrogens is 326 g/mol. The smallest absolute Gasteiger partial charge is 0.323 e. The van der Waals surface area contributed by atoms with Gasteiger partial charge in [0.05, 0.1) is 17.1 Å². The van der Waals surface area contributed by atoms with Gasteiger partial charge in [-0.2, -0.15) is 0 Å². The molecule has 136 valence electrons. The molecule has 2 unspecified atom stereocenters. The molecule has 1 saturated heterocycles. The third-order valence-corrected chi connectivity index (χ3v) is 5.40. The number of rotatable bonds is 5. The Hall–Kier alpha value is -2.37. The zero-order valence-electron chi connectivity index (χ0n) is 14.8. The minimum absolute atomic E-state index is 0.217. The molecule has 0 radical (unpaired) electrons. The van der Waals surface area contributed by atoms with Crippen molar-refractivity contribution in [1.29, 1.82) is 0 Å². The van der Waals surface area contributed by atoms with Crippen LogP contribution in [0.2, 0.25) is 0 Å². The molecule has 3 N–H and O–H groups in total. The maximum Gasteiger partial charge on any atom is 0.323 e. The van der Waals surface area contributed by atoms with Crippen molar-refractivity contribution in [2.45, 2.75) is 37.8 Å². The number of aromatic nitrogens is 2. The van der Waals surface area contributed by atoms with Gasteiger partial charge in [0.2, 0.25) is 0 Å². The molecular formula is C21H25N3O2. The van der Waals surface area contributed by atoms with Gasteiger partial charge < -0.3 is 15.1 Å². The zero-order valence-corrected chi connectivity index (χ0v) is 14.8. The summed E-state index contributed by atoms with van der Waals surface area (Å²) in [6, 6.07) is 16.7. The standard InChI is InChI=1S/C21H25N3O2/c25-20(16-9-10-18-19(13-16)23-21(26)22-18)14-24-11-5-4-8-17(24)12-15-6-2-1-3-7-15/h1-3,6-7,9-10,13,17,20,25H,4-5,8,11-12,14H2,(H2,22,23,26). The number of β-amino-alcohol motifs (C(OH)–C–C–N with tert-alkyl or cyclic N) is 1. The van der Waals surface area contributed by atoms with Gasteiger partial charge in [0, 0.05) is 12.6 Å². The van der Waals surface area contributed by atoms with Crippen LogP contribution in [0, 0.1) is 0 Å². The van der Waals surface area contributed by atoms with Crippen molar-refractivity contribution < 1.29 is 5.11 Å². The van der Waals surface area contributed by atoms with Crippen molar-refractivity contribution in [1.82, 2.24) is 14.9 Å². The predicted molar refractivity (Wildman–Crippen MR) is 103 cm³/mol. The molecule has 3 aromatic rings. The summed E-state index contributed by atoms with van der Waals surface area (Å²) in [7, 11) is 0. The lowest BCUT2D eigenvalue weighted by Gasteiger charge is -2.37. The molecule has 2 aromatic carbocycles. The van der Waals surface area contributed by atoms with Gasteiger partial charge in [0.1, 0.15) is 0 Å². The van der Waals surface area contributed by atoms with Gasteiger partial charge in [-0.15, -0.1) is 0 Å². The highest BCUT2D eigenvalue weighted by Gasteiger charge is 2.25. The number of hydrogen-bond acceptors (Lipinski definition) is 3. The van der Waals surface area contributed by atoms with E-state index < -0.39 is 6.10 Å². The second-order valence-corrected chi connectivity index (χ2v) is 7.23. The summed E-state index contributed by atoms with van der Waals surface area (Å²) in [5.41, 5.74) is 3.49. The number of likely N-dealkylation sites (tertiary alicyclic amines) is 1. The van der Waals surface area contributed by atoms with Crippen LogP contribution >= 0.6 is 0 Å². The first-order chi connectivity index (χ1) is 12.7. The Morgan fingerprint density at radius 1 is 1.08 bits per heavy atom. The molecule has 0 saturated carbocycles. The van der Waals surface area contributed by atoms with E-state index in [-0.39, 0.29) is 5.69 Å². The minimum atomic E-state index is -0.561. The second-order valence-electron chi connectivity index (χ2n) is 7.23. The van der Waals surface area contributed by atoms with Crippen molar-refractivity contribution in [3.8, 4) is 0 Å². The number of H-pyrrole nitrogens is 2. The van der Waals surface area contributed by atoms with Crippen LogP contribution in [0.15, 0.2) is 53.3 Å². The van der Waals surface area contributed by atoms with E-state index in [9.17, 15) is 9.90 Å². The molecule has 1 aromatic heterocycles. The molecule has 5 heteroatoms. The highest BCUT2D eigenvalue weighted by Crippen LogP contribution is 2.25. The van der Waals surface area contributed by atoms with E-state index in [0.717, 1.165) is 29.6 Å². The third kappa shape index (κ3) is 3.74. The number of hydrogen-bond donors (Lipinski definition) is 3. The molecule has 1 fully saturated rings. The molecule has 2 heterocycles. The number of aliphatic hydroxyl groups is 1. The predicted octanol–water partition coefficient (Wildman–Crippen LogP) is 2.99. The Kier molecular flexibility index (Phi) is 4.91. The summed E-state index contributed by atoms with van der Waals surface area (Å²) in [6.45, 7) is 1.65. The normalized spacial score (nSPS) is 19.7. The van der Waals surface area contributed by atoms with Crippen LogP contribution < -0.4 is 5.69 Å². The van der Waals surface area contributed by atoms with Crippen molar-refractivity contribution in [2.24, 2.45) is 0 Å². The van der Waals surface area contributed by atoms with Gasteiger partial charge in [0.15, 0.2) is 0 Å². The molecule has 0 bridgehead atoms.